The highest BCUT2D eigenvalue weighted by atomic mass is 32.2. The van der Waals surface area contributed by atoms with E-state index in [0.717, 1.165) is 32.4 Å². The Hall–Kier alpha value is -0.220. The molecule has 0 aromatic heterocycles. The van der Waals surface area contributed by atoms with E-state index in [2.05, 4.69) is 18.5 Å². The number of rotatable bonds is 9. The molecule has 0 bridgehead atoms. The highest BCUT2D eigenvalue weighted by molar-refractivity contribution is 8.00. The molecule has 1 rings (SSSR count). The first-order chi connectivity index (χ1) is 8.65. The summed E-state index contributed by atoms with van der Waals surface area (Å²) < 4.78 is 0.344. The summed E-state index contributed by atoms with van der Waals surface area (Å²) in [5, 5.41) is 3.11. The standard InChI is InChI=1S/C14H28N2OS/c1-3-12(7-10-15)5-6-13(17)16-11-14(18-2)8-4-9-14/h12H,3-11,15H2,1-2H3,(H,16,17). The zero-order valence-corrected chi connectivity index (χ0v) is 12.7. The van der Waals surface area contributed by atoms with Crippen LogP contribution in [0.5, 0.6) is 0 Å². The number of hydrogen-bond acceptors (Lipinski definition) is 3. The second kappa shape index (κ2) is 8.05. The molecular weight excluding hydrogens is 244 g/mol. The Morgan fingerprint density at radius 3 is 2.61 bits per heavy atom. The van der Waals surface area contributed by atoms with Crippen LogP contribution in [-0.4, -0.2) is 30.0 Å². The molecule has 18 heavy (non-hydrogen) atoms. The van der Waals surface area contributed by atoms with Crippen molar-refractivity contribution in [1.29, 1.82) is 0 Å². The van der Waals surface area contributed by atoms with Gasteiger partial charge in [0.2, 0.25) is 5.91 Å². The maximum atomic E-state index is 11.8. The third-order valence-corrected chi connectivity index (χ3v) is 5.66. The van der Waals surface area contributed by atoms with Crippen molar-refractivity contribution >= 4 is 17.7 Å². The zero-order chi connectivity index (χ0) is 13.4. The van der Waals surface area contributed by atoms with Gasteiger partial charge in [0.05, 0.1) is 0 Å². The quantitative estimate of drug-likeness (QED) is 0.678. The molecule has 1 aliphatic rings. The molecular formula is C14H28N2OS. The largest absolute Gasteiger partial charge is 0.355 e. The fourth-order valence-corrected chi connectivity index (χ4v) is 3.41. The van der Waals surface area contributed by atoms with Crippen molar-refractivity contribution in [1.82, 2.24) is 5.32 Å². The highest BCUT2D eigenvalue weighted by Crippen LogP contribution is 2.42. The topological polar surface area (TPSA) is 55.1 Å². The molecule has 0 spiro atoms. The summed E-state index contributed by atoms with van der Waals surface area (Å²) in [6.45, 7) is 3.76. The van der Waals surface area contributed by atoms with Crippen LogP contribution in [0.3, 0.4) is 0 Å². The predicted molar refractivity (Wildman–Crippen MR) is 79.8 cm³/mol. The number of amides is 1. The predicted octanol–water partition coefficient (Wildman–Crippen LogP) is 2.54. The maximum absolute atomic E-state index is 11.8. The van der Waals surface area contributed by atoms with Crippen molar-refractivity contribution in [2.45, 2.75) is 56.6 Å². The summed E-state index contributed by atoms with van der Waals surface area (Å²) in [6.07, 6.45) is 9.76. The molecule has 0 aliphatic heterocycles. The van der Waals surface area contributed by atoms with Crippen LogP contribution in [0.1, 0.15) is 51.9 Å². The lowest BCUT2D eigenvalue weighted by atomic mass is 9.84. The first-order valence-electron chi connectivity index (χ1n) is 7.17. The lowest BCUT2D eigenvalue weighted by Gasteiger charge is -2.40. The van der Waals surface area contributed by atoms with E-state index in [-0.39, 0.29) is 5.91 Å². The van der Waals surface area contributed by atoms with Gasteiger partial charge in [-0.05, 0) is 44.4 Å². The van der Waals surface area contributed by atoms with Crippen LogP contribution < -0.4 is 11.1 Å². The molecule has 1 amide bonds. The van der Waals surface area contributed by atoms with Crippen molar-refractivity contribution in [3.8, 4) is 0 Å². The molecule has 1 saturated carbocycles. The monoisotopic (exact) mass is 272 g/mol. The van der Waals surface area contributed by atoms with E-state index in [1.807, 2.05) is 11.8 Å². The van der Waals surface area contributed by atoms with Gasteiger partial charge in [0, 0.05) is 17.7 Å². The summed E-state index contributed by atoms with van der Waals surface area (Å²) in [7, 11) is 0. The minimum atomic E-state index is 0.214. The van der Waals surface area contributed by atoms with Crippen LogP contribution in [0.4, 0.5) is 0 Å². The number of carbonyl (C=O) groups is 1. The highest BCUT2D eigenvalue weighted by Gasteiger charge is 2.36. The lowest BCUT2D eigenvalue weighted by molar-refractivity contribution is -0.121. The van der Waals surface area contributed by atoms with Gasteiger partial charge in [-0.1, -0.05) is 19.8 Å². The molecule has 0 heterocycles. The average Bonchev–Trinajstić information content (AvgIpc) is 2.33. The van der Waals surface area contributed by atoms with Crippen LogP contribution in [-0.2, 0) is 4.79 Å². The summed E-state index contributed by atoms with van der Waals surface area (Å²) in [5.74, 6) is 0.824. The van der Waals surface area contributed by atoms with E-state index >= 15 is 0 Å². The molecule has 3 N–H and O–H groups in total. The zero-order valence-electron chi connectivity index (χ0n) is 11.8. The first-order valence-corrected chi connectivity index (χ1v) is 8.40. The lowest BCUT2D eigenvalue weighted by Crippen LogP contribution is -2.45. The Bertz CT molecular complexity index is 249. The molecule has 3 nitrogen and oxygen atoms in total. The summed E-state index contributed by atoms with van der Waals surface area (Å²) in [6, 6.07) is 0. The van der Waals surface area contributed by atoms with E-state index in [1.54, 1.807) is 0 Å². The molecule has 1 aliphatic carbocycles. The van der Waals surface area contributed by atoms with Crippen LogP contribution in [0.2, 0.25) is 0 Å². The summed E-state index contributed by atoms with van der Waals surface area (Å²) in [4.78, 5) is 11.8. The molecule has 106 valence electrons. The first kappa shape index (κ1) is 15.8. The number of thioether (sulfide) groups is 1. The molecule has 0 aromatic carbocycles. The van der Waals surface area contributed by atoms with Crippen molar-refractivity contribution in [2.24, 2.45) is 11.7 Å². The number of nitrogens with one attached hydrogen (secondary N) is 1. The molecule has 1 unspecified atom stereocenters. The van der Waals surface area contributed by atoms with Gasteiger partial charge >= 0.3 is 0 Å². The van der Waals surface area contributed by atoms with E-state index in [0.29, 0.717) is 17.1 Å². The molecule has 1 atom stereocenters. The van der Waals surface area contributed by atoms with Gasteiger partial charge in [0.15, 0.2) is 0 Å². The fourth-order valence-electron chi connectivity index (χ4n) is 2.50. The summed E-state index contributed by atoms with van der Waals surface area (Å²) >= 11 is 1.91. The third kappa shape index (κ3) is 4.81. The van der Waals surface area contributed by atoms with Gasteiger partial charge in [-0.2, -0.15) is 11.8 Å². The number of carbonyl (C=O) groups excluding carboxylic acids is 1. The van der Waals surface area contributed by atoms with E-state index in [9.17, 15) is 4.79 Å². The Kier molecular flexibility index (Phi) is 7.08. The van der Waals surface area contributed by atoms with Crippen molar-refractivity contribution in [3.63, 3.8) is 0 Å². The maximum Gasteiger partial charge on any atom is 0.220 e. The molecule has 4 heteroatoms. The minimum Gasteiger partial charge on any atom is -0.355 e. The molecule has 0 aromatic rings. The van der Waals surface area contributed by atoms with E-state index in [1.165, 1.54) is 19.3 Å². The summed E-state index contributed by atoms with van der Waals surface area (Å²) in [5.41, 5.74) is 5.57. The smallest absolute Gasteiger partial charge is 0.220 e. The Morgan fingerprint density at radius 1 is 1.44 bits per heavy atom. The molecule has 1 fully saturated rings. The van der Waals surface area contributed by atoms with Crippen LogP contribution in [0.15, 0.2) is 0 Å². The minimum absolute atomic E-state index is 0.214. The second-order valence-corrected chi connectivity index (χ2v) is 6.68. The van der Waals surface area contributed by atoms with Crippen molar-refractivity contribution < 1.29 is 4.79 Å². The number of hydrogen-bond donors (Lipinski definition) is 2. The van der Waals surface area contributed by atoms with Gasteiger partial charge in [-0.15, -0.1) is 0 Å². The Balaban J connectivity index is 2.17. The van der Waals surface area contributed by atoms with Gasteiger partial charge in [-0.25, -0.2) is 0 Å². The molecule has 0 radical (unpaired) electrons. The second-order valence-electron chi connectivity index (χ2n) is 5.41. The molecule has 0 saturated heterocycles. The van der Waals surface area contributed by atoms with Crippen LogP contribution in [0.25, 0.3) is 0 Å². The van der Waals surface area contributed by atoms with E-state index < -0.39 is 0 Å². The van der Waals surface area contributed by atoms with Crippen LogP contribution in [0, 0.1) is 5.92 Å². The van der Waals surface area contributed by atoms with Crippen molar-refractivity contribution in [3.05, 3.63) is 0 Å². The SMILES string of the molecule is CCC(CCN)CCC(=O)NCC1(SC)CCC1. The van der Waals surface area contributed by atoms with Gasteiger partial charge in [0.1, 0.15) is 0 Å². The average molecular weight is 272 g/mol. The van der Waals surface area contributed by atoms with E-state index in [4.69, 9.17) is 5.73 Å². The van der Waals surface area contributed by atoms with Gasteiger partial charge in [0.25, 0.3) is 0 Å². The van der Waals surface area contributed by atoms with Gasteiger partial charge in [-0.3, -0.25) is 4.79 Å². The van der Waals surface area contributed by atoms with Crippen molar-refractivity contribution in [2.75, 3.05) is 19.3 Å². The fraction of sp³-hybridized carbons (Fsp3) is 0.929. The van der Waals surface area contributed by atoms with Gasteiger partial charge < -0.3 is 11.1 Å². The third-order valence-electron chi connectivity index (χ3n) is 4.24. The number of nitrogens with two attached hydrogens (primary N) is 1. The normalized spacial score (nSPS) is 19.1. The Morgan fingerprint density at radius 2 is 2.17 bits per heavy atom. The van der Waals surface area contributed by atoms with Crippen LogP contribution >= 0.6 is 11.8 Å². The Labute approximate surface area is 116 Å².